The first-order valence-corrected chi connectivity index (χ1v) is 9.51. The third-order valence-electron chi connectivity index (χ3n) is 3.73. The molecular weight excluding hydrogens is 310 g/mol. The Labute approximate surface area is 140 Å². The van der Waals surface area contributed by atoms with Crippen LogP contribution in [0.2, 0.25) is 0 Å². The van der Waals surface area contributed by atoms with E-state index in [1.54, 1.807) is 18.2 Å². The van der Waals surface area contributed by atoms with Gasteiger partial charge in [-0.25, -0.2) is 8.42 Å². The number of likely N-dealkylation sites (N-methyl/N-ethyl adjacent to an activating group) is 1. The van der Waals surface area contributed by atoms with Gasteiger partial charge in [-0.15, -0.1) is 0 Å². The zero-order chi connectivity index (χ0) is 17.5. The minimum Gasteiger partial charge on any atom is -0.303 e. The van der Waals surface area contributed by atoms with E-state index < -0.39 is 10.0 Å². The molecule has 5 nitrogen and oxygen atoms in total. The Morgan fingerprint density at radius 1 is 1.17 bits per heavy atom. The summed E-state index contributed by atoms with van der Waals surface area (Å²) in [6.07, 6.45) is 0. The lowest BCUT2D eigenvalue weighted by Crippen LogP contribution is -2.40. The lowest BCUT2D eigenvalue weighted by molar-refractivity contribution is 0.262. The predicted molar refractivity (Wildman–Crippen MR) is 92.5 cm³/mol. The second-order valence-electron chi connectivity index (χ2n) is 5.92. The molecule has 0 amide bonds. The molecular formula is C17H27N3O2S. The average Bonchev–Trinajstić information content (AvgIpc) is 2.54. The lowest BCUT2D eigenvalue weighted by atomic mass is 10.2. The summed E-state index contributed by atoms with van der Waals surface area (Å²) < 4.78 is 27.4. The largest absolute Gasteiger partial charge is 0.303 e. The van der Waals surface area contributed by atoms with Gasteiger partial charge in [-0.05, 0) is 37.2 Å². The quantitative estimate of drug-likeness (QED) is 0.694. The van der Waals surface area contributed by atoms with E-state index in [1.165, 1.54) is 10.4 Å². The monoisotopic (exact) mass is 337 g/mol. The molecule has 0 bridgehead atoms. The second kappa shape index (κ2) is 9.02. The molecule has 0 aliphatic heterocycles. The molecule has 0 aliphatic carbocycles. The van der Waals surface area contributed by atoms with Crippen LogP contribution < -0.4 is 0 Å². The van der Waals surface area contributed by atoms with Crippen molar-refractivity contribution in [3.8, 4) is 6.07 Å². The van der Waals surface area contributed by atoms with Crippen LogP contribution >= 0.6 is 0 Å². The van der Waals surface area contributed by atoms with Crippen LogP contribution in [0.4, 0.5) is 0 Å². The van der Waals surface area contributed by atoms with E-state index in [0.717, 1.165) is 13.1 Å². The third-order valence-corrected chi connectivity index (χ3v) is 5.59. The Hall–Kier alpha value is -1.42. The first-order chi connectivity index (χ1) is 10.8. The standard InChI is InChI=1S/C17H27N3O2S/c1-5-19(6-2)10-11-20(14-15(3)4)23(21,22)17-9-7-8-16(12-17)13-18/h7-9,12,15H,5-6,10-11,14H2,1-4H3. The summed E-state index contributed by atoms with van der Waals surface area (Å²) in [5, 5.41) is 8.99. The molecule has 1 rings (SSSR count). The van der Waals surface area contributed by atoms with Crippen LogP contribution in [0.5, 0.6) is 0 Å². The van der Waals surface area contributed by atoms with E-state index in [1.807, 2.05) is 19.9 Å². The number of rotatable bonds is 9. The first-order valence-electron chi connectivity index (χ1n) is 8.07. The number of hydrogen-bond acceptors (Lipinski definition) is 4. The molecule has 0 N–H and O–H groups in total. The molecule has 0 unspecified atom stereocenters. The molecule has 0 spiro atoms. The van der Waals surface area contributed by atoms with Crippen molar-refractivity contribution >= 4 is 10.0 Å². The lowest BCUT2D eigenvalue weighted by Gasteiger charge is -2.27. The van der Waals surface area contributed by atoms with Gasteiger partial charge < -0.3 is 4.90 Å². The van der Waals surface area contributed by atoms with Gasteiger partial charge in [0, 0.05) is 19.6 Å². The topological polar surface area (TPSA) is 64.4 Å². The van der Waals surface area contributed by atoms with Gasteiger partial charge in [0.1, 0.15) is 0 Å². The number of benzene rings is 1. The predicted octanol–water partition coefficient (Wildman–Crippen LogP) is 2.55. The van der Waals surface area contributed by atoms with Crippen molar-refractivity contribution in [2.45, 2.75) is 32.6 Å². The van der Waals surface area contributed by atoms with Crippen LogP contribution in [0.1, 0.15) is 33.3 Å². The van der Waals surface area contributed by atoms with E-state index in [9.17, 15) is 8.42 Å². The van der Waals surface area contributed by atoms with Gasteiger partial charge in [0.05, 0.1) is 16.5 Å². The Morgan fingerprint density at radius 2 is 1.83 bits per heavy atom. The summed E-state index contributed by atoms with van der Waals surface area (Å²) in [5.74, 6) is 0.237. The highest BCUT2D eigenvalue weighted by molar-refractivity contribution is 7.89. The van der Waals surface area contributed by atoms with E-state index in [2.05, 4.69) is 18.7 Å². The summed E-state index contributed by atoms with van der Waals surface area (Å²) >= 11 is 0. The van der Waals surface area contributed by atoms with Crippen molar-refractivity contribution in [1.29, 1.82) is 5.26 Å². The van der Waals surface area contributed by atoms with Crippen molar-refractivity contribution < 1.29 is 8.42 Å². The Kier molecular flexibility index (Phi) is 7.69. The number of sulfonamides is 1. The van der Waals surface area contributed by atoms with Crippen molar-refractivity contribution in [2.75, 3.05) is 32.7 Å². The molecule has 0 atom stereocenters. The van der Waals surface area contributed by atoms with Crippen molar-refractivity contribution in [1.82, 2.24) is 9.21 Å². The first kappa shape index (κ1) is 19.6. The smallest absolute Gasteiger partial charge is 0.243 e. The molecule has 23 heavy (non-hydrogen) atoms. The number of nitrogens with zero attached hydrogens (tertiary/aromatic N) is 3. The second-order valence-corrected chi connectivity index (χ2v) is 7.86. The SMILES string of the molecule is CCN(CC)CCN(CC(C)C)S(=O)(=O)c1cccc(C#N)c1. The Balaban J connectivity index is 3.05. The highest BCUT2D eigenvalue weighted by Gasteiger charge is 2.25. The van der Waals surface area contributed by atoms with E-state index in [-0.39, 0.29) is 10.8 Å². The van der Waals surface area contributed by atoms with Crippen molar-refractivity contribution in [3.05, 3.63) is 29.8 Å². The van der Waals surface area contributed by atoms with Crippen LogP contribution in [-0.4, -0.2) is 50.3 Å². The van der Waals surface area contributed by atoms with Crippen LogP contribution in [-0.2, 0) is 10.0 Å². The van der Waals surface area contributed by atoms with Crippen LogP contribution in [0.15, 0.2) is 29.2 Å². The molecule has 0 aliphatic rings. The number of nitriles is 1. The molecule has 0 saturated carbocycles. The molecule has 6 heteroatoms. The van der Waals surface area contributed by atoms with Crippen molar-refractivity contribution in [2.24, 2.45) is 5.92 Å². The summed E-state index contributed by atoms with van der Waals surface area (Å²) in [4.78, 5) is 2.39. The average molecular weight is 337 g/mol. The minimum absolute atomic E-state index is 0.191. The van der Waals surface area contributed by atoms with Gasteiger partial charge in [0.25, 0.3) is 0 Å². The Morgan fingerprint density at radius 3 is 2.35 bits per heavy atom. The molecule has 0 fully saturated rings. The zero-order valence-electron chi connectivity index (χ0n) is 14.5. The number of hydrogen-bond donors (Lipinski definition) is 0. The van der Waals surface area contributed by atoms with Gasteiger partial charge in [0.15, 0.2) is 0 Å². The van der Waals surface area contributed by atoms with Gasteiger partial charge in [-0.3, -0.25) is 0 Å². The van der Waals surface area contributed by atoms with Gasteiger partial charge in [0.2, 0.25) is 10.0 Å². The van der Waals surface area contributed by atoms with E-state index >= 15 is 0 Å². The fourth-order valence-corrected chi connectivity index (χ4v) is 4.03. The normalized spacial score (nSPS) is 12.1. The maximum Gasteiger partial charge on any atom is 0.243 e. The van der Waals surface area contributed by atoms with Crippen molar-refractivity contribution in [3.63, 3.8) is 0 Å². The fraction of sp³-hybridized carbons (Fsp3) is 0.588. The highest BCUT2D eigenvalue weighted by atomic mass is 32.2. The minimum atomic E-state index is -3.59. The van der Waals surface area contributed by atoms with Gasteiger partial charge >= 0.3 is 0 Å². The zero-order valence-corrected chi connectivity index (χ0v) is 15.3. The third kappa shape index (κ3) is 5.61. The molecule has 0 radical (unpaired) electrons. The van der Waals surface area contributed by atoms with Crippen LogP contribution in [0.3, 0.4) is 0 Å². The Bertz CT molecular complexity index is 631. The fourth-order valence-electron chi connectivity index (χ4n) is 2.38. The van der Waals surface area contributed by atoms with Crippen LogP contribution in [0.25, 0.3) is 0 Å². The van der Waals surface area contributed by atoms with Crippen LogP contribution in [0, 0.1) is 17.2 Å². The molecule has 1 aromatic carbocycles. The van der Waals surface area contributed by atoms with Gasteiger partial charge in [-0.2, -0.15) is 9.57 Å². The maximum atomic E-state index is 12.9. The molecule has 0 heterocycles. The summed E-state index contributed by atoms with van der Waals surface area (Å²) in [5.41, 5.74) is 0.360. The molecule has 128 valence electrons. The maximum absolute atomic E-state index is 12.9. The van der Waals surface area contributed by atoms with E-state index in [4.69, 9.17) is 5.26 Å². The molecule has 0 aromatic heterocycles. The summed E-state index contributed by atoms with van der Waals surface area (Å²) in [6.45, 7) is 11.6. The van der Waals surface area contributed by atoms with Gasteiger partial charge in [-0.1, -0.05) is 33.8 Å². The molecule has 1 aromatic rings. The summed E-state index contributed by atoms with van der Waals surface area (Å²) in [7, 11) is -3.59. The highest BCUT2D eigenvalue weighted by Crippen LogP contribution is 2.18. The van der Waals surface area contributed by atoms with E-state index in [0.29, 0.717) is 25.2 Å². The summed E-state index contributed by atoms with van der Waals surface area (Å²) in [6, 6.07) is 8.22. The molecule has 0 saturated heterocycles.